The number of rotatable bonds is 5. The van der Waals surface area contributed by atoms with E-state index in [1.165, 1.54) is 12.1 Å². The summed E-state index contributed by atoms with van der Waals surface area (Å²) < 4.78 is 36.1. The molecule has 3 nitrogen and oxygen atoms in total. The molecule has 0 N–H and O–H groups in total. The summed E-state index contributed by atoms with van der Waals surface area (Å²) in [5.74, 6) is -3.16. The van der Waals surface area contributed by atoms with E-state index in [2.05, 4.69) is 0 Å². The van der Waals surface area contributed by atoms with Crippen LogP contribution in [-0.4, -0.2) is 25.3 Å². The SMILES string of the molecule is CCOCC(C)OC(=O)c1cccc(F)c1F. The van der Waals surface area contributed by atoms with Crippen LogP contribution in [0.15, 0.2) is 18.2 Å². The molecule has 0 saturated carbocycles. The van der Waals surface area contributed by atoms with E-state index in [1.54, 1.807) is 13.8 Å². The summed E-state index contributed by atoms with van der Waals surface area (Å²) in [6.07, 6.45) is -0.509. The lowest BCUT2D eigenvalue weighted by atomic mass is 10.2. The van der Waals surface area contributed by atoms with Crippen molar-refractivity contribution in [2.45, 2.75) is 20.0 Å². The fourth-order valence-corrected chi connectivity index (χ4v) is 1.23. The standard InChI is InChI=1S/C12H14F2O3/c1-3-16-7-8(2)17-12(15)9-5-4-6-10(13)11(9)14/h4-6,8H,3,7H2,1-2H3. The molecule has 0 radical (unpaired) electrons. The monoisotopic (exact) mass is 244 g/mol. The Bertz CT molecular complexity index is 393. The summed E-state index contributed by atoms with van der Waals surface area (Å²) in [5, 5.41) is 0. The minimum Gasteiger partial charge on any atom is -0.457 e. The number of ether oxygens (including phenoxy) is 2. The van der Waals surface area contributed by atoms with Crippen LogP contribution in [0.2, 0.25) is 0 Å². The molecule has 0 spiro atoms. The predicted octanol–water partition coefficient (Wildman–Crippen LogP) is 2.55. The highest BCUT2D eigenvalue weighted by Crippen LogP contribution is 2.13. The molecule has 0 saturated heterocycles. The maximum Gasteiger partial charge on any atom is 0.341 e. The van der Waals surface area contributed by atoms with Crippen LogP contribution < -0.4 is 0 Å². The molecule has 0 heterocycles. The van der Waals surface area contributed by atoms with E-state index < -0.39 is 29.3 Å². The molecule has 0 aliphatic heterocycles. The molecule has 1 atom stereocenters. The van der Waals surface area contributed by atoms with Crippen LogP contribution in [-0.2, 0) is 9.47 Å². The molecule has 0 amide bonds. The van der Waals surface area contributed by atoms with Gasteiger partial charge in [-0.25, -0.2) is 13.6 Å². The van der Waals surface area contributed by atoms with E-state index in [1.807, 2.05) is 0 Å². The van der Waals surface area contributed by atoms with Gasteiger partial charge in [0.2, 0.25) is 0 Å². The molecule has 94 valence electrons. The van der Waals surface area contributed by atoms with Gasteiger partial charge in [0.05, 0.1) is 12.2 Å². The maximum absolute atomic E-state index is 13.2. The van der Waals surface area contributed by atoms with Crippen LogP contribution in [0.25, 0.3) is 0 Å². The second-order valence-corrected chi connectivity index (χ2v) is 3.48. The number of esters is 1. The largest absolute Gasteiger partial charge is 0.457 e. The zero-order chi connectivity index (χ0) is 12.8. The molecule has 0 aliphatic rings. The number of benzene rings is 1. The Morgan fingerprint density at radius 2 is 2.12 bits per heavy atom. The Balaban J connectivity index is 2.67. The van der Waals surface area contributed by atoms with Crippen molar-refractivity contribution in [3.05, 3.63) is 35.4 Å². The lowest BCUT2D eigenvalue weighted by Gasteiger charge is -2.13. The van der Waals surface area contributed by atoms with Gasteiger partial charge in [0.15, 0.2) is 11.6 Å². The third-order valence-corrected chi connectivity index (χ3v) is 2.04. The first-order chi connectivity index (χ1) is 8.06. The van der Waals surface area contributed by atoms with E-state index >= 15 is 0 Å². The first-order valence-electron chi connectivity index (χ1n) is 5.29. The van der Waals surface area contributed by atoms with E-state index in [0.29, 0.717) is 6.61 Å². The molecule has 17 heavy (non-hydrogen) atoms. The third kappa shape index (κ3) is 3.78. The van der Waals surface area contributed by atoms with Crippen molar-refractivity contribution in [3.8, 4) is 0 Å². The summed E-state index contributed by atoms with van der Waals surface area (Å²) in [7, 11) is 0. The van der Waals surface area contributed by atoms with Crippen LogP contribution in [0.4, 0.5) is 8.78 Å². The van der Waals surface area contributed by atoms with Crippen molar-refractivity contribution in [1.82, 2.24) is 0 Å². The van der Waals surface area contributed by atoms with Crippen molar-refractivity contribution in [1.29, 1.82) is 0 Å². The highest BCUT2D eigenvalue weighted by molar-refractivity contribution is 5.89. The Hall–Kier alpha value is -1.49. The minimum atomic E-state index is -1.19. The number of hydrogen-bond acceptors (Lipinski definition) is 3. The van der Waals surface area contributed by atoms with Gasteiger partial charge in [-0.05, 0) is 26.0 Å². The zero-order valence-corrected chi connectivity index (χ0v) is 9.70. The van der Waals surface area contributed by atoms with Gasteiger partial charge in [-0.15, -0.1) is 0 Å². The minimum absolute atomic E-state index is 0.221. The molecule has 0 aliphatic carbocycles. The van der Waals surface area contributed by atoms with Crippen LogP contribution in [0, 0.1) is 11.6 Å². The normalized spacial score (nSPS) is 12.2. The average molecular weight is 244 g/mol. The van der Waals surface area contributed by atoms with E-state index in [9.17, 15) is 13.6 Å². The van der Waals surface area contributed by atoms with E-state index in [4.69, 9.17) is 9.47 Å². The fourth-order valence-electron chi connectivity index (χ4n) is 1.23. The molecule has 0 bridgehead atoms. The van der Waals surface area contributed by atoms with Crippen LogP contribution in [0.3, 0.4) is 0 Å². The Morgan fingerprint density at radius 3 is 2.76 bits per heavy atom. The van der Waals surface area contributed by atoms with Crippen molar-refractivity contribution in [2.75, 3.05) is 13.2 Å². The van der Waals surface area contributed by atoms with Gasteiger partial charge in [0.1, 0.15) is 6.10 Å². The van der Waals surface area contributed by atoms with Crippen molar-refractivity contribution < 1.29 is 23.0 Å². The summed E-state index contributed by atoms with van der Waals surface area (Å²) in [4.78, 5) is 11.5. The average Bonchev–Trinajstić information content (AvgIpc) is 2.29. The highest BCUT2D eigenvalue weighted by Gasteiger charge is 2.18. The van der Waals surface area contributed by atoms with Gasteiger partial charge < -0.3 is 9.47 Å². The van der Waals surface area contributed by atoms with Gasteiger partial charge >= 0.3 is 5.97 Å². The van der Waals surface area contributed by atoms with Crippen LogP contribution in [0.5, 0.6) is 0 Å². The summed E-state index contributed by atoms with van der Waals surface area (Å²) in [5.41, 5.74) is -0.409. The molecule has 1 unspecified atom stereocenters. The molecule has 1 aromatic carbocycles. The number of halogens is 2. The Labute approximate surface area is 98.3 Å². The summed E-state index contributed by atoms with van der Waals surface area (Å²) in [6.45, 7) is 4.14. The Morgan fingerprint density at radius 1 is 1.41 bits per heavy atom. The first kappa shape index (κ1) is 13.6. The summed E-state index contributed by atoms with van der Waals surface area (Å²) in [6, 6.07) is 3.37. The molecule has 5 heteroatoms. The highest BCUT2D eigenvalue weighted by atomic mass is 19.2. The van der Waals surface area contributed by atoms with Crippen molar-refractivity contribution >= 4 is 5.97 Å². The second-order valence-electron chi connectivity index (χ2n) is 3.48. The van der Waals surface area contributed by atoms with E-state index in [0.717, 1.165) is 6.07 Å². The zero-order valence-electron chi connectivity index (χ0n) is 9.70. The van der Waals surface area contributed by atoms with Crippen LogP contribution in [0.1, 0.15) is 24.2 Å². The lowest BCUT2D eigenvalue weighted by Crippen LogP contribution is -2.21. The van der Waals surface area contributed by atoms with Gasteiger partial charge in [0.25, 0.3) is 0 Å². The molecular formula is C12H14F2O3. The predicted molar refractivity (Wildman–Crippen MR) is 57.7 cm³/mol. The smallest absolute Gasteiger partial charge is 0.341 e. The first-order valence-corrected chi connectivity index (χ1v) is 5.29. The lowest BCUT2D eigenvalue weighted by molar-refractivity contribution is 0.00393. The van der Waals surface area contributed by atoms with Gasteiger partial charge in [-0.3, -0.25) is 0 Å². The fraction of sp³-hybridized carbons (Fsp3) is 0.417. The number of carbonyl (C=O) groups excluding carboxylic acids is 1. The molecular weight excluding hydrogens is 230 g/mol. The second kappa shape index (κ2) is 6.30. The maximum atomic E-state index is 13.2. The molecule has 1 rings (SSSR count). The van der Waals surface area contributed by atoms with Crippen LogP contribution >= 0.6 is 0 Å². The van der Waals surface area contributed by atoms with Gasteiger partial charge in [0, 0.05) is 6.61 Å². The van der Waals surface area contributed by atoms with Crippen molar-refractivity contribution in [3.63, 3.8) is 0 Å². The summed E-state index contributed by atoms with van der Waals surface area (Å²) >= 11 is 0. The van der Waals surface area contributed by atoms with Gasteiger partial charge in [-0.1, -0.05) is 6.07 Å². The quantitative estimate of drug-likeness (QED) is 0.747. The molecule has 0 fully saturated rings. The third-order valence-electron chi connectivity index (χ3n) is 2.04. The number of carbonyl (C=O) groups is 1. The van der Waals surface area contributed by atoms with E-state index in [-0.39, 0.29) is 6.61 Å². The molecule has 1 aromatic rings. The topological polar surface area (TPSA) is 35.5 Å². The Kier molecular flexibility index (Phi) is 5.03. The number of hydrogen-bond donors (Lipinski definition) is 0. The van der Waals surface area contributed by atoms with Crippen molar-refractivity contribution in [2.24, 2.45) is 0 Å². The van der Waals surface area contributed by atoms with Gasteiger partial charge in [-0.2, -0.15) is 0 Å². The molecule has 0 aromatic heterocycles.